The number of fused-ring (bicyclic) bond motifs is 2. The Bertz CT molecular complexity index is 793. The van der Waals surface area contributed by atoms with E-state index in [2.05, 4.69) is 5.32 Å². The van der Waals surface area contributed by atoms with Crippen molar-refractivity contribution in [1.82, 2.24) is 4.31 Å². The molecule has 0 saturated heterocycles. The van der Waals surface area contributed by atoms with Crippen molar-refractivity contribution in [3.05, 3.63) is 23.8 Å². The van der Waals surface area contributed by atoms with Crippen molar-refractivity contribution >= 4 is 34.0 Å². The van der Waals surface area contributed by atoms with E-state index in [4.69, 9.17) is 5.73 Å². The first-order chi connectivity index (χ1) is 12.3. The number of rotatable bonds is 6. The summed E-state index contributed by atoms with van der Waals surface area (Å²) in [5.41, 5.74) is 7.44. The van der Waals surface area contributed by atoms with Crippen LogP contribution in [0.4, 0.5) is 5.69 Å². The van der Waals surface area contributed by atoms with Gasteiger partial charge in [-0.3, -0.25) is 4.79 Å². The number of amides is 1. The molecule has 0 heterocycles. The summed E-state index contributed by atoms with van der Waals surface area (Å²) in [6, 6.07) is 4.98. The number of carbonyl (C=O) groups excluding carboxylic acids is 1. The van der Waals surface area contributed by atoms with E-state index in [0.29, 0.717) is 36.2 Å². The molecule has 27 heavy (non-hydrogen) atoms. The molecule has 152 valence electrons. The molecule has 3 N–H and O–H groups in total. The maximum Gasteiger partial charge on any atom is 0.243 e. The van der Waals surface area contributed by atoms with E-state index >= 15 is 0 Å². The second-order valence-corrected chi connectivity index (χ2v) is 9.40. The third kappa shape index (κ3) is 4.01. The Morgan fingerprint density at radius 2 is 1.85 bits per heavy atom. The van der Waals surface area contributed by atoms with Crippen molar-refractivity contribution in [3.8, 4) is 0 Å². The molecule has 6 nitrogen and oxygen atoms in total. The largest absolute Gasteiger partial charge is 0.327 e. The van der Waals surface area contributed by atoms with Crippen LogP contribution >= 0.6 is 12.4 Å². The molecule has 2 aliphatic carbocycles. The molecule has 0 aliphatic heterocycles. The Balaban J connectivity index is 0.00000261. The van der Waals surface area contributed by atoms with Gasteiger partial charge in [0.25, 0.3) is 0 Å². The second-order valence-electron chi connectivity index (χ2n) is 7.50. The summed E-state index contributed by atoms with van der Waals surface area (Å²) in [6.45, 7) is 6.23. The Morgan fingerprint density at radius 3 is 2.41 bits per heavy atom. The van der Waals surface area contributed by atoms with Gasteiger partial charge < -0.3 is 11.1 Å². The van der Waals surface area contributed by atoms with E-state index in [1.165, 1.54) is 4.31 Å². The van der Waals surface area contributed by atoms with Crippen molar-refractivity contribution in [2.45, 2.75) is 51.0 Å². The highest BCUT2D eigenvalue weighted by Crippen LogP contribution is 2.48. The molecule has 8 heteroatoms. The molecular formula is C19H30ClN3O3S. The van der Waals surface area contributed by atoms with Crippen molar-refractivity contribution < 1.29 is 13.2 Å². The molecule has 2 aliphatic rings. The number of sulfonamides is 1. The van der Waals surface area contributed by atoms with Gasteiger partial charge in [-0.15, -0.1) is 12.4 Å². The summed E-state index contributed by atoms with van der Waals surface area (Å²) < 4.78 is 27.1. The first-order valence-corrected chi connectivity index (χ1v) is 10.9. The number of benzene rings is 1. The average Bonchev–Trinajstić information content (AvgIpc) is 3.18. The first kappa shape index (κ1) is 22.1. The summed E-state index contributed by atoms with van der Waals surface area (Å²) in [6.07, 6.45) is 3.22. The summed E-state index contributed by atoms with van der Waals surface area (Å²) in [4.78, 5) is 13.0. The van der Waals surface area contributed by atoms with Crippen molar-refractivity contribution in [3.63, 3.8) is 0 Å². The fourth-order valence-electron chi connectivity index (χ4n) is 4.61. The molecule has 4 unspecified atom stereocenters. The number of aryl methyl sites for hydroxylation is 1. The van der Waals surface area contributed by atoms with Crippen LogP contribution in [0, 0.1) is 24.7 Å². The van der Waals surface area contributed by atoms with Crippen molar-refractivity contribution in [2.75, 3.05) is 18.4 Å². The monoisotopic (exact) mass is 415 g/mol. The van der Waals surface area contributed by atoms with Gasteiger partial charge in [-0.1, -0.05) is 19.9 Å². The quantitative estimate of drug-likeness (QED) is 0.747. The van der Waals surface area contributed by atoms with E-state index in [-0.39, 0.29) is 35.2 Å². The van der Waals surface area contributed by atoms with Gasteiger partial charge in [0.2, 0.25) is 15.9 Å². The number of hydrogen-bond donors (Lipinski definition) is 2. The first-order valence-electron chi connectivity index (χ1n) is 9.46. The molecule has 0 spiro atoms. The van der Waals surface area contributed by atoms with Crippen LogP contribution in [-0.4, -0.2) is 37.8 Å². The number of anilines is 1. The van der Waals surface area contributed by atoms with Crippen molar-refractivity contribution in [1.29, 1.82) is 0 Å². The Labute approximate surface area is 168 Å². The maximum atomic E-state index is 12.9. The van der Waals surface area contributed by atoms with E-state index in [1.807, 2.05) is 13.8 Å². The highest BCUT2D eigenvalue weighted by Gasteiger charge is 2.49. The van der Waals surface area contributed by atoms with E-state index in [0.717, 1.165) is 19.3 Å². The minimum absolute atomic E-state index is 0. The molecule has 2 fully saturated rings. The van der Waals surface area contributed by atoms with Crippen LogP contribution in [0.2, 0.25) is 0 Å². The van der Waals surface area contributed by atoms with Gasteiger partial charge in [-0.25, -0.2) is 8.42 Å². The lowest BCUT2D eigenvalue weighted by atomic mass is 9.84. The Kier molecular flexibility index (Phi) is 6.95. The molecule has 3 rings (SSSR count). The zero-order valence-corrected chi connectivity index (χ0v) is 17.8. The van der Waals surface area contributed by atoms with Crippen molar-refractivity contribution in [2.24, 2.45) is 23.5 Å². The predicted octanol–water partition coefficient (Wildman–Crippen LogP) is 2.76. The van der Waals surface area contributed by atoms with E-state index in [1.54, 1.807) is 25.1 Å². The lowest BCUT2D eigenvalue weighted by molar-refractivity contribution is -0.121. The lowest BCUT2D eigenvalue weighted by Gasteiger charge is -2.27. The Hall–Kier alpha value is -1.15. The number of nitrogens with two attached hydrogens (primary N) is 1. The fraction of sp³-hybridized carbons (Fsp3) is 0.632. The third-order valence-electron chi connectivity index (χ3n) is 6.06. The predicted molar refractivity (Wildman–Crippen MR) is 109 cm³/mol. The van der Waals surface area contributed by atoms with Crippen LogP contribution in [0.5, 0.6) is 0 Å². The summed E-state index contributed by atoms with van der Waals surface area (Å²) >= 11 is 0. The van der Waals surface area contributed by atoms with Gasteiger partial charge in [0.1, 0.15) is 0 Å². The molecule has 1 aromatic carbocycles. The van der Waals surface area contributed by atoms with Crippen LogP contribution in [0.3, 0.4) is 0 Å². The number of nitrogens with zero attached hydrogens (tertiary/aromatic N) is 1. The highest BCUT2D eigenvalue weighted by molar-refractivity contribution is 7.89. The molecule has 2 saturated carbocycles. The minimum Gasteiger partial charge on any atom is -0.327 e. The second kappa shape index (κ2) is 8.47. The normalized spacial score (nSPS) is 26.9. The van der Waals surface area contributed by atoms with E-state index < -0.39 is 10.0 Å². The molecule has 1 aromatic rings. The SMILES string of the molecule is CCN(CC)S(=O)(=O)c1cc(NC(=O)C2C3CCC(C3)C2N)ccc1C.Cl. The van der Waals surface area contributed by atoms with Crippen LogP contribution in [0.1, 0.15) is 38.7 Å². The van der Waals surface area contributed by atoms with Crippen LogP contribution < -0.4 is 11.1 Å². The molecule has 1 amide bonds. The molecule has 2 bridgehead atoms. The zero-order valence-electron chi connectivity index (χ0n) is 16.1. The molecular weight excluding hydrogens is 386 g/mol. The lowest BCUT2D eigenvalue weighted by Crippen LogP contribution is -2.42. The Morgan fingerprint density at radius 1 is 1.22 bits per heavy atom. The fourth-order valence-corrected chi connectivity index (χ4v) is 6.32. The number of nitrogens with one attached hydrogen (secondary N) is 1. The molecule has 0 radical (unpaired) electrons. The zero-order chi connectivity index (χ0) is 19.1. The number of halogens is 1. The van der Waals surface area contributed by atoms with E-state index in [9.17, 15) is 13.2 Å². The summed E-state index contributed by atoms with van der Waals surface area (Å²) in [5, 5.41) is 2.91. The topological polar surface area (TPSA) is 92.5 Å². The summed E-state index contributed by atoms with van der Waals surface area (Å²) in [5.74, 6) is 0.560. The maximum absolute atomic E-state index is 12.9. The van der Waals surface area contributed by atoms with Crippen LogP contribution in [0.25, 0.3) is 0 Å². The van der Waals surface area contributed by atoms with Gasteiger partial charge in [0, 0.05) is 24.8 Å². The smallest absolute Gasteiger partial charge is 0.243 e. The molecule has 0 aromatic heterocycles. The van der Waals surface area contributed by atoms with Crippen LogP contribution in [0.15, 0.2) is 23.1 Å². The van der Waals surface area contributed by atoms with Gasteiger partial charge in [-0.05, 0) is 55.7 Å². The standard InChI is InChI=1S/C19H29N3O3S.ClH/c1-4-22(5-2)26(24,25)16-11-15(9-6-12(16)3)21-19(23)17-13-7-8-14(10-13)18(17)20;/h6,9,11,13-14,17-18H,4-5,7-8,10,20H2,1-3H3,(H,21,23);1H. The highest BCUT2D eigenvalue weighted by atomic mass is 35.5. The van der Waals surface area contributed by atoms with Gasteiger partial charge in [0.05, 0.1) is 10.8 Å². The van der Waals surface area contributed by atoms with Crippen LogP contribution in [-0.2, 0) is 14.8 Å². The number of hydrogen-bond acceptors (Lipinski definition) is 4. The van der Waals surface area contributed by atoms with Gasteiger partial charge >= 0.3 is 0 Å². The third-order valence-corrected chi connectivity index (χ3v) is 8.25. The molecule has 4 atom stereocenters. The average molecular weight is 416 g/mol. The number of carbonyl (C=O) groups is 1. The van der Waals surface area contributed by atoms with Gasteiger partial charge in [0.15, 0.2) is 0 Å². The summed E-state index contributed by atoms with van der Waals surface area (Å²) in [7, 11) is -3.57. The minimum atomic E-state index is -3.57. The van der Waals surface area contributed by atoms with Gasteiger partial charge in [-0.2, -0.15) is 4.31 Å².